The van der Waals surface area contributed by atoms with E-state index in [2.05, 4.69) is 16.9 Å². The van der Waals surface area contributed by atoms with Gasteiger partial charge in [-0.1, -0.05) is 30.0 Å². The molecule has 0 aliphatic carbocycles. The van der Waals surface area contributed by atoms with Crippen molar-refractivity contribution in [2.45, 2.75) is 11.7 Å². The second kappa shape index (κ2) is 8.68. The van der Waals surface area contributed by atoms with E-state index in [1.807, 2.05) is 5.38 Å². The van der Waals surface area contributed by atoms with Gasteiger partial charge in [0, 0.05) is 17.5 Å². The Morgan fingerprint density at radius 3 is 2.90 bits per heavy atom. The lowest BCUT2D eigenvalue weighted by Gasteiger charge is -2.11. The molecule has 9 heteroatoms. The van der Waals surface area contributed by atoms with Gasteiger partial charge in [0.1, 0.15) is 16.4 Å². The summed E-state index contributed by atoms with van der Waals surface area (Å²) in [4.78, 5) is 30.6. The van der Waals surface area contributed by atoms with Crippen molar-refractivity contribution < 1.29 is 13.6 Å². The minimum atomic E-state index is -0.511. The van der Waals surface area contributed by atoms with Crippen molar-refractivity contribution in [2.75, 3.05) is 11.1 Å². The average Bonchev–Trinajstić information content (AvgIpc) is 3.40. The van der Waals surface area contributed by atoms with Gasteiger partial charge in [0.25, 0.3) is 5.56 Å². The molecule has 1 amide bonds. The number of allylic oxidation sites excluding steroid dienone is 1. The zero-order valence-corrected chi connectivity index (χ0v) is 17.3. The van der Waals surface area contributed by atoms with Crippen molar-refractivity contribution >= 4 is 44.9 Å². The summed E-state index contributed by atoms with van der Waals surface area (Å²) in [5.41, 5.74) is 0.560. The van der Waals surface area contributed by atoms with E-state index < -0.39 is 11.7 Å². The van der Waals surface area contributed by atoms with Crippen LogP contribution in [0.2, 0.25) is 0 Å². The number of benzene rings is 1. The van der Waals surface area contributed by atoms with E-state index in [4.69, 9.17) is 4.42 Å². The van der Waals surface area contributed by atoms with Crippen molar-refractivity contribution in [3.63, 3.8) is 0 Å². The minimum absolute atomic E-state index is 0.0279. The fourth-order valence-electron chi connectivity index (χ4n) is 2.90. The fourth-order valence-corrected chi connectivity index (χ4v) is 4.68. The van der Waals surface area contributed by atoms with Crippen molar-refractivity contribution in [2.24, 2.45) is 0 Å². The molecule has 0 spiro atoms. The molecule has 0 atom stereocenters. The lowest BCUT2D eigenvalue weighted by Crippen LogP contribution is -2.23. The van der Waals surface area contributed by atoms with E-state index in [-0.39, 0.29) is 23.5 Å². The van der Waals surface area contributed by atoms with Gasteiger partial charge in [0.2, 0.25) is 5.91 Å². The Morgan fingerprint density at radius 1 is 1.33 bits per heavy atom. The number of amides is 1. The highest BCUT2D eigenvalue weighted by Crippen LogP contribution is 2.32. The lowest BCUT2D eigenvalue weighted by atomic mass is 10.2. The van der Waals surface area contributed by atoms with Crippen LogP contribution < -0.4 is 10.9 Å². The van der Waals surface area contributed by atoms with Crippen LogP contribution in [0.4, 0.5) is 10.1 Å². The van der Waals surface area contributed by atoms with Crippen LogP contribution >= 0.6 is 23.1 Å². The number of aromatic nitrogens is 2. The zero-order valence-electron chi connectivity index (χ0n) is 15.6. The first-order valence-electron chi connectivity index (χ1n) is 8.92. The summed E-state index contributed by atoms with van der Waals surface area (Å²) in [5.74, 6) is -0.343. The summed E-state index contributed by atoms with van der Waals surface area (Å²) in [6.45, 7) is 3.95. The van der Waals surface area contributed by atoms with Gasteiger partial charge in [-0.05, 0) is 24.3 Å². The number of thiophene rings is 1. The zero-order chi connectivity index (χ0) is 21.1. The third kappa shape index (κ3) is 3.94. The van der Waals surface area contributed by atoms with Crippen LogP contribution in [-0.4, -0.2) is 21.2 Å². The van der Waals surface area contributed by atoms with E-state index >= 15 is 0 Å². The molecule has 0 aliphatic rings. The molecule has 1 aromatic carbocycles. The third-order valence-electron chi connectivity index (χ3n) is 4.24. The first kappa shape index (κ1) is 20.1. The highest BCUT2D eigenvalue weighted by molar-refractivity contribution is 7.99. The number of carbonyl (C=O) groups excluding carboxylic acids is 1. The quantitative estimate of drug-likeness (QED) is 0.254. The van der Waals surface area contributed by atoms with Gasteiger partial charge in [0.15, 0.2) is 5.16 Å². The maximum absolute atomic E-state index is 13.7. The molecular formula is C21H16FN3O3S2. The summed E-state index contributed by atoms with van der Waals surface area (Å²) < 4.78 is 20.6. The van der Waals surface area contributed by atoms with Gasteiger partial charge in [-0.15, -0.1) is 17.9 Å². The van der Waals surface area contributed by atoms with Crippen molar-refractivity contribution in [1.29, 1.82) is 0 Å². The number of halogens is 1. The number of para-hydroxylation sites is 1. The van der Waals surface area contributed by atoms with Crippen molar-refractivity contribution in [1.82, 2.24) is 9.55 Å². The number of nitrogens with zero attached hydrogens (tertiary/aromatic N) is 2. The Balaban J connectivity index is 1.63. The molecule has 4 aromatic rings. The van der Waals surface area contributed by atoms with Crippen LogP contribution in [0.1, 0.15) is 0 Å². The highest BCUT2D eigenvalue weighted by atomic mass is 32.2. The molecule has 30 heavy (non-hydrogen) atoms. The van der Waals surface area contributed by atoms with E-state index in [0.29, 0.717) is 26.7 Å². The van der Waals surface area contributed by atoms with Crippen LogP contribution in [-0.2, 0) is 11.3 Å². The van der Waals surface area contributed by atoms with Gasteiger partial charge < -0.3 is 9.73 Å². The molecule has 6 nitrogen and oxygen atoms in total. The van der Waals surface area contributed by atoms with Gasteiger partial charge in [-0.25, -0.2) is 9.37 Å². The Labute approximate surface area is 179 Å². The number of nitrogens with one attached hydrogen (secondary N) is 1. The van der Waals surface area contributed by atoms with Gasteiger partial charge in [-0.2, -0.15) is 0 Å². The smallest absolute Gasteiger partial charge is 0.263 e. The SMILES string of the molecule is C=CCn1c(SCC(=O)Nc2ccccc2F)nc2scc(-c3ccco3)c2c1=O. The normalized spacial score (nSPS) is 11.0. The summed E-state index contributed by atoms with van der Waals surface area (Å²) in [5, 5.41) is 5.22. The molecule has 0 unspecified atom stereocenters. The van der Waals surface area contributed by atoms with E-state index in [9.17, 15) is 14.0 Å². The van der Waals surface area contributed by atoms with Crippen LogP contribution in [0.25, 0.3) is 21.5 Å². The molecule has 0 aliphatic heterocycles. The summed E-state index contributed by atoms with van der Waals surface area (Å²) in [6.07, 6.45) is 3.14. The molecule has 152 valence electrons. The first-order valence-corrected chi connectivity index (χ1v) is 10.8. The monoisotopic (exact) mass is 441 g/mol. The Morgan fingerprint density at radius 2 is 2.17 bits per heavy atom. The largest absolute Gasteiger partial charge is 0.464 e. The second-order valence-corrected chi connectivity index (χ2v) is 8.02. The fraction of sp³-hybridized carbons (Fsp3) is 0.0952. The van der Waals surface area contributed by atoms with E-state index in [0.717, 1.165) is 11.8 Å². The summed E-state index contributed by atoms with van der Waals surface area (Å²) in [6, 6.07) is 9.48. The number of anilines is 1. The lowest BCUT2D eigenvalue weighted by molar-refractivity contribution is -0.113. The molecule has 0 radical (unpaired) electrons. The molecule has 0 bridgehead atoms. The van der Waals surface area contributed by atoms with Crippen LogP contribution in [0.5, 0.6) is 0 Å². The maximum atomic E-state index is 13.7. The van der Waals surface area contributed by atoms with Crippen LogP contribution in [0.15, 0.2) is 75.1 Å². The molecule has 3 aromatic heterocycles. The highest BCUT2D eigenvalue weighted by Gasteiger charge is 2.19. The average molecular weight is 442 g/mol. The molecule has 1 N–H and O–H groups in total. The van der Waals surface area contributed by atoms with Gasteiger partial charge in [0.05, 0.1) is 23.1 Å². The predicted molar refractivity (Wildman–Crippen MR) is 118 cm³/mol. The standard InChI is InChI=1S/C21H16FN3O3S2/c1-2-9-25-20(27)18-13(16-8-5-10-28-16)11-29-19(18)24-21(25)30-12-17(26)23-15-7-4-3-6-14(15)22/h2-8,10-11H,1,9,12H2,(H,23,26). The summed E-state index contributed by atoms with van der Waals surface area (Å²) >= 11 is 2.44. The van der Waals surface area contributed by atoms with Crippen LogP contribution in [0, 0.1) is 5.82 Å². The number of furan rings is 1. The molecule has 0 fully saturated rings. The van der Waals surface area contributed by atoms with Crippen molar-refractivity contribution in [3.05, 3.63) is 76.9 Å². The van der Waals surface area contributed by atoms with Gasteiger partial charge in [-0.3, -0.25) is 14.2 Å². The number of hydrogen-bond donors (Lipinski definition) is 1. The molecular weight excluding hydrogens is 425 g/mol. The number of hydrogen-bond acceptors (Lipinski definition) is 6. The van der Waals surface area contributed by atoms with E-state index in [1.54, 1.807) is 36.6 Å². The number of rotatable bonds is 7. The summed E-state index contributed by atoms with van der Waals surface area (Å²) in [7, 11) is 0. The van der Waals surface area contributed by atoms with Crippen molar-refractivity contribution in [3.8, 4) is 11.3 Å². The predicted octanol–water partition coefficient (Wildman–Crippen LogP) is 4.77. The Bertz CT molecular complexity index is 1280. The molecule has 0 saturated carbocycles. The molecule has 4 rings (SSSR count). The molecule has 0 saturated heterocycles. The van der Waals surface area contributed by atoms with Gasteiger partial charge >= 0.3 is 0 Å². The minimum Gasteiger partial charge on any atom is -0.464 e. The topological polar surface area (TPSA) is 77.1 Å². The van der Waals surface area contributed by atoms with E-state index in [1.165, 1.54) is 28.0 Å². The van der Waals surface area contributed by atoms with Crippen LogP contribution in [0.3, 0.4) is 0 Å². The molecule has 3 heterocycles. The number of fused-ring (bicyclic) bond motifs is 1. The Kier molecular flexibility index (Phi) is 5.82. The number of thioether (sulfide) groups is 1. The first-order chi connectivity index (χ1) is 14.6. The number of carbonyl (C=O) groups is 1. The third-order valence-corrected chi connectivity index (χ3v) is 6.09. The second-order valence-electron chi connectivity index (χ2n) is 6.22. The Hall–Kier alpha value is -3.17. The maximum Gasteiger partial charge on any atom is 0.263 e.